The summed E-state index contributed by atoms with van der Waals surface area (Å²) in [5.41, 5.74) is 4.16. The smallest absolute Gasteiger partial charge is 0.228 e. The van der Waals surface area contributed by atoms with E-state index in [0.717, 1.165) is 18.7 Å². The predicted octanol–water partition coefficient (Wildman–Crippen LogP) is 2.04. The second-order valence-corrected chi connectivity index (χ2v) is 4.44. The monoisotopic (exact) mass is 282 g/mol. The summed E-state index contributed by atoms with van der Waals surface area (Å²) in [5.74, 6) is 0.200. The molecule has 0 bridgehead atoms. The standard InChI is InChI=1S/C12H15BrN2O/c1-14-7-9-2-4-11-10(6-9)3-5-12(16)15(11)8-13/h2,4,6,14H,3,5,7-8H2,1H3. The number of nitrogens with one attached hydrogen (secondary N) is 1. The van der Waals surface area contributed by atoms with Gasteiger partial charge in [-0.2, -0.15) is 0 Å². The van der Waals surface area contributed by atoms with Gasteiger partial charge in [0.1, 0.15) is 0 Å². The van der Waals surface area contributed by atoms with Gasteiger partial charge in [-0.25, -0.2) is 0 Å². The Morgan fingerprint density at radius 2 is 2.25 bits per heavy atom. The minimum absolute atomic E-state index is 0.200. The van der Waals surface area contributed by atoms with Gasteiger partial charge in [-0.3, -0.25) is 4.79 Å². The molecule has 16 heavy (non-hydrogen) atoms. The molecule has 1 aromatic rings. The highest BCUT2D eigenvalue weighted by molar-refractivity contribution is 9.09. The lowest BCUT2D eigenvalue weighted by atomic mass is 9.99. The maximum absolute atomic E-state index is 11.7. The number of benzene rings is 1. The molecule has 86 valence electrons. The quantitative estimate of drug-likeness (QED) is 0.680. The molecule has 1 aliphatic rings. The molecule has 4 heteroatoms. The lowest BCUT2D eigenvalue weighted by Gasteiger charge is -2.28. The molecule has 3 nitrogen and oxygen atoms in total. The van der Waals surface area contributed by atoms with E-state index in [1.165, 1.54) is 11.1 Å². The number of alkyl halides is 1. The van der Waals surface area contributed by atoms with E-state index in [0.29, 0.717) is 11.9 Å². The molecule has 0 atom stereocenters. The number of amides is 1. The first-order valence-electron chi connectivity index (χ1n) is 5.39. The molecule has 1 amide bonds. The first-order chi connectivity index (χ1) is 7.76. The molecule has 0 saturated carbocycles. The third-order valence-corrected chi connectivity index (χ3v) is 3.35. The number of carbonyl (C=O) groups excluding carboxylic acids is 1. The number of hydrogen-bond donors (Lipinski definition) is 1. The average Bonchev–Trinajstić information content (AvgIpc) is 2.30. The second kappa shape index (κ2) is 4.97. The van der Waals surface area contributed by atoms with Gasteiger partial charge in [-0.05, 0) is 30.7 Å². The highest BCUT2D eigenvalue weighted by Gasteiger charge is 2.22. The molecule has 0 aliphatic carbocycles. The second-order valence-electron chi connectivity index (χ2n) is 3.93. The van der Waals surface area contributed by atoms with E-state index in [9.17, 15) is 4.79 Å². The van der Waals surface area contributed by atoms with Crippen LogP contribution in [-0.4, -0.2) is 18.4 Å². The van der Waals surface area contributed by atoms with E-state index in [-0.39, 0.29) is 5.91 Å². The fourth-order valence-electron chi connectivity index (χ4n) is 2.06. The zero-order chi connectivity index (χ0) is 11.5. The van der Waals surface area contributed by atoms with Crippen LogP contribution in [0.25, 0.3) is 0 Å². The third kappa shape index (κ3) is 2.13. The Balaban J connectivity index is 2.34. The Morgan fingerprint density at radius 1 is 1.44 bits per heavy atom. The van der Waals surface area contributed by atoms with Crippen molar-refractivity contribution in [2.24, 2.45) is 0 Å². The summed E-state index contributed by atoms with van der Waals surface area (Å²) in [4.78, 5) is 13.5. The van der Waals surface area contributed by atoms with Crippen LogP contribution in [0.3, 0.4) is 0 Å². The van der Waals surface area contributed by atoms with E-state index in [4.69, 9.17) is 0 Å². The van der Waals surface area contributed by atoms with Gasteiger partial charge < -0.3 is 10.2 Å². The summed E-state index contributed by atoms with van der Waals surface area (Å²) in [7, 11) is 1.94. The van der Waals surface area contributed by atoms with Crippen LogP contribution in [0, 0.1) is 0 Å². The molecule has 0 aromatic heterocycles. The molecule has 0 unspecified atom stereocenters. The van der Waals surface area contributed by atoms with Crippen molar-refractivity contribution >= 4 is 27.5 Å². The van der Waals surface area contributed by atoms with Gasteiger partial charge in [-0.15, -0.1) is 0 Å². The molecule has 0 spiro atoms. The lowest BCUT2D eigenvalue weighted by molar-refractivity contribution is -0.118. The van der Waals surface area contributed by atoms with Crippen LogP contribution in [0.4, 0.5) is 5.69 Å². The van der Waals surface area contributed by atoms with Gasteiger partial charge >= 0.3 is 0 Å². The zero-order valence-electron chi connectivity index (χ0n) is 9.29. The van der Waals surface area contributed by atoms with E-state index >= 15 is 0 Å². The lowest BCUT2D eigenvalue weighted by Crippen LogP contribution is -2.33. The van der Waals surface area contributed by atoms with E-state index < -0.39 is 0 Å². The Hall–Kier alpha value is -0.870. The number of hydrogen-bond acceptors (Lipinski definition) is 2. The topological polar surface area (TPSA) is 32.3 Å². The molecule has 1 N–H and O–H groups in total. The maximum Gasteiger partial charge on any atom is 0.228 e. The number of carbonyl (C=O) groups is 1. The summed E-state index contributed by atoms with van der Waals surface area (Å²) >= 11 is 3.36. The Labute approximate surface area is 104 Å². The van der Waals surface area contributed by atoms with Crippen LogP contribution in [0.5, 0.6) is 0 Å². The average molecular weight is 283 g/mol. The molecule has 0 saturated heterocycles. The number of fused-ring (bicyclic) bond motifs is 1. The van der Waals surface area contributed by atoms with Crippen molar-refractivity contribution < 1.29 is 4.79 Å². The fourth-order valence-corrected chi connectivity index (χ4v) is 2.61. The van der Waals surface area contributed by atoms with Crippen molar-refractivity contribution in [1.82, 2.24) is 5.32 Å². The fraction of sp³-hybridized carbons (Fsp3) is 0.417. The van der Waals surface area contributed by atoms with Crippen molar-refractivity contribution in [2.45, 2.75) is 19.4 Å². The minimum Gasteiger partial charge on any atom is -0.316 e. The normalized spacial score (nSPS) is 15.1. The highest BCUT2D eigenvalue weighted by atomic mass is 79.9. The van der Waals surface area contributed by atoms with Crippen molar-refractivity contribution in [1.29, 1.82) is 0 Å². The van der Waals surface area contributed by atoms with Crippen LogP contribution in [-0.2, 0) is 17.8 Å². The molecule has 1 heterocycles. The number of halogens is 1. The minimum atomic E-state index is 0.200. The zero-order valence-corrected chi connectivity index (χ0v) is 10.9. The number of nitrogens with zero attached hydrogens (tertiary/aromatic N) is 1. The van der Waals surface area contributed by atoms with E-state index in [1.807, 2.05) is 13.1 Å². The van der Waals surface area contributed by atoms with Gasteiger partial charge in [0.25, 0.3) is 0 Å². The first-order valence-corrected chi connectivity index (χ1v) is 6.51. The summed E-state index contributed by atoms with van der Waals surface area (Å²) in [6.07, 6.45) is 1.47. The molecule has 1 aromatic carbocycles. The molecular formula is C12H15BrN2O. The summed E-state index contributed by atoms with van der Waals surface area (Å²) in [5, 5.41) is 3.13. The van der Waals surface area contributed by atoms with Crippen LogP contribution < -0.4 is 10.2 Å². The van der Waals surface area contributed by atoms with Crippen LogP contribution in [0.1, 0.15) is 17.5 Å². The van der Waals surface area contributed by atoms with Crippen LogP contribution in [0.2, 0.25) is 0 Å². The first kappa shape index (κ1) is 11.6. The van der Waals surface area contributed by atoms with Crippen molar-refractivity contribution in [3.63, 3.8) is 0 Å². The third-order valence-electron chi connectivity index (χ3n) is 2.84. The van der Waals surface area contributed by atoms with Crippen molar-refractivity contribution in [3.05, 3.63) is 29.3 Å². The number of aryl methyl sites for hydroxylation is 1. The summed E-state index contributed by atoms with van der Waals surface area (Å²) < 4.78 is 0. The SMILES string of the molecule is CNCc1ccc2c(c1)CCC(=O)N2CBr. The molecular weight excluding hydrogens is 268 g/mol. The summed E-state index contributed by atoms with van der Waals surface area (Å²) in [6, 6.07) is 6.30. The van der Waals surface area contributed by atoms with Crippen molar-refractivity contribution in [3.8, 4) is 0 Å². The molecule has 2 rings (SSSR count). The van der Waals surface area contributed by atoms with E-state index in [2.05, 4.69) is 33.4 Å². The molecule has 1 aliphatic heterocycles. The van der Waals surface area contributed by atoms with Gasteiger partial charge in [0.05, 0.1) is 5.45 Å². The Kier molecular flexibility index (Phi) is 3.61. The highest BCUT2D eigenvalue weighted by Crippen LogP contribution is 2.29. The maximum atomic E-state index is 11.7. The Bertz CT molecular complexity index is 406. The molecule has 0 radical (unpaired) electrons. The largest absolute Gasteiger partial charge is 0.316 e. The number of anilines is 1. The van der Waals surface area contributed by atoms with Gasteiger partial charge in [0.2, 0.25) is 5.91 Å². The Morgan fingerprint density at radius 3 is 2.94 bits per heavy atom. The van der Waals surface area contributed by atoms with Crippen molar-refractivity contribution in [2.75, 3.05) is 17.4 Å². The van der Waals surface area contributed by atoms with Crippen LogP contribution >= 0.6 is 15.9 Å². The summed E-state index contributed by atoms with van der Waals surface area (Å²) in [6.45, 7) is 0.871. The molecule has 0 fully saturated rings. The number of rotatable bonds is 3. The van der Waals surface area contributed by atoms with Gasteiger partial charge in [0, 0.05) is 18.7 Å². The van der Waals surface area contributed by atoms with E-state index in [1.54, 1.807) is 4.90 Å². The van der Waals surface area contributed by atoms with Gasteiger partial charge in [0.15, 0.2) is 0 Å². The van der Waals surface area contributed by atoms with Gasteiger partial charge in [-0.1, -0.05) is 28.1 Å². The van der Waals surface area contributed by atoms with Crippen LogP contribution in [0.15, 0.2) is 18.2 Å². The predicted molar refractivity (Wildman–Crippen MR) is 68.8 cm³/mol.